The second kappa shape index (κ2) is 23.0. The highest BCUT2D eigenvalue weighted by atomic mass is 14.1. The molecule has 0 saturated carbocycles. The maximum absolute atomic E-state index is 3.59. The lowest BCUT2D eigenvalue weighted by Crippen LogP contribution is -2.13. The van der Waals surface area contributed by atoms with Crippen molar-refractivity contribution in [2.24, 2.45) is 0 Å². The molecule has 88 heavy (non-hydrogen) atoms. The molecule has 0 fully saturated rings. The summed E-state index contributed by atoms with van der Waals surface area (Å²) in [6.07, 6.45) is 0. The number of hydrogen-bond acceptors (Lipinski definition) is 0. The van der Waals surface area contributed by atoms with Crippen LogP contribution in [0.1, 0.15) is 0 Å². The summed E-state index contributed by atoms with van der Waals surface area (Å²) in [6.45, 7) is 0. The Morgan fingerprint density at radius 1 is 0.102 bits per heavy atom. The van der Waals surface area contributed by atoms with Gasteiger partial charge in [0.2, 0.25) is 0 Å². The minimum Gasteiger partial charge on any atom is -0.0617 e. The number of hydrogen-bond donors (Lipinski definition) is 0. The molecular weight excluding hydrogens is 1060 g/mol. The molecule has 13 aliphatic carbocycles. The van der Waals surface area contributed by atoms with Crippen LogP contribution < -0.4 is 83.5 Å². The second-order valence-corrected chi connectivity index (χ2v) is 21.4. The Morgan fingerprint density at radius 3 is 0.295 bits per heavy atom. The molecule has 0 N–H and O–H groups in total. The van der Waals surface area contributed by atoms with Crippen molar-refractivity contribution in [2.75, 3.05) is 0 Å². The van der Waals surface area contributed by atoms with Gasteiger partial charge in [0.1, 0.15) is 0 Å². The van der Waals surface area contributed by atoms with E-state index in [1.165, 1.54) is 0 Å². The van der Waals surface area contributed by atoms with Gasteiger partial charge in [-0.3, -0.25) is 0 Å². The maximum Gasteiger partial charge on any atom is 0.0406 e. The van der Waals surface area contributed by atoms with Crippen LogP contribution in [0, 0.1) is 0 Å². The highest BCUT2D eigenvalue weighted by molar-refractivity contribution is 6.03. The third kappa shape index (κ3) is 10.4. The average molecular weight is 1100 g/mol. The molecule has 13 aliphatic rings. The van der Waals surface area contributed by atoms with Crippen LogP contribution in [-0.2, 0) is 0 Å². The van der Waals surface area contributed by atoms with Gasteiger partial charge in [-0.25, -0.2) is 0 Å². The topological polar surface area (TPSA) is 0 Å². The first-order valence-electron chi connectivity index (χ1n) is 29.1. The molecule has 16 bridgehead atoms. The summed E-state index contributed by atoms with van der Waals surface area (Å²) in [5.74, 6) is 0. The lowest BCUT2D eigenvalue weighted by Gasteiger charge is -2.04. The largest absolute Gasteiger partial charge is 0.0617 e. The molecule has 14 aromatic carbocycles. The summed E-state index contributed by atoms with van der Waals surface area (Å²) in [6, 6.07) is 91.3. The summed E-state index contributed by atoms with van der Waals surface area (Å²) in [7, 11) is 0. The van der Waals surface area contributed by atoms with Gasteiger partial charge in [0.25, 0.3) is 0 Å². The van der Waals surface area contributed by atoms with Crippen molar-refractivity contribution in [3.05, 3.63) is 350 Å². The molecule has 0 amide bonds. The average Bonchev–Trinajstić information content (AvgIpc) is 1.14. The molecule has 0 unspecified atom stereocenters. The van der Waals surface area contributed by atoms with E-state index in [-0.39, 0.29) is 0 Å². The van der Waals surface area contributed by atoms with Gasteiger partial charge in [-0.2, -0.15) is 0 Å². The van der Waals surface area contributed by atoms with Crippen molar-refractivity contribution in [1.29, 1.82) is 0 Å². The first-order chi connectivity index (χ1) is 43.6. The zero-order valence-electron chi connectivity index (χ0n) is 47.4. The predicted molar refractivity (Wildman–Crippen MR) is 365 cm³/mol. The smallest absolute Gasteiger partial charge is 0.0406 e. The van der Waals surface area contributed by atoms with E-state index in [1.54, 1.807) is 0 Å². The molecule has 0 aromatic heterocycles. The van der Waals surface area contributed by atoms with Gasteiger partial charge in [-0.1, -0.05) is 237 Å². The van der Waals surface area contributed by atoms with Crippen LogP contribution >= 0.6 is 0 Å². The second-order valence-electron chi connectivity index (χ2n) is 21.4. The van der Waals surface area contributed by atoms with E-state index in [2.05, 4.69) is 262 Å². The fourth-order valence-corrected chi connectivity index (χ4v) is 11.5. The van der Waals surface area contributed by atoms with Crippen molar-refractivity contribution in [3.8, 4) is 0 Å². The van der Waals surface area contributed by atoms with Crippen molar-refractivity contribution < 1.29 is 0 Å². The third-order valence-corrected chi connectivity index (χ3v) is 15.9. The monoisotopic (exact) mass is 1100 g/mol. The van der Waals surface area contributed by atoms with E-state index in [0.29, 0.717) is 0 Å². The molecule has 0 nitrogen and oxygen atoms in total. The van der Waals surface area contributed by atoms with E-state index in [4.69, 9.17) is 0 Å². The van der Waals surface area contributed by atoms with Crippen LogP contribution in [0.5, 0.6) is 0 Å². The maximum atomic E-state index is 3.59. The molecule has 27 rings (SSSR count). The van der Waals surface area contributed by atoms with Crippen molar-refractivity contribution in [3.63, 3.8) is 0 Å². The Balaban J connectivity index is 0.990. The molecule has 0 atom stereocenters. The van der Waals surface area contributed by atoms with Crippen LogP contribution in [0.4, 0.5) is 0 Å². The molecule has 0 radical (unpaired) electrons. The minimum atomic E-state index is 0.901. The zero-order chi connectivity index (χ0) is 58.6. The van der Waals surface area contributed by atoms with Gasteiger partial charge in [-0.05, 0) is 186 Å². The Morgan fingerprint density at radius 2 is 0.193 bits per heavy atom. The van der Waals surface area contributed by atoms with E-state index in [9.17, 15) is 0 Å². The van der Waals surface area contributed by atoms with Crippen LogP contribution in [0.15, 0.2) is 267 Å². The van der Waals surface area contributed by atoms with Crippen LogP contribution in [-0.4, -0.2) is 0 Å². The molecule has 396 valence electrons. The van der Waals surface area contributed by atoms with Gasteiger partial charge >= 0.3 is 0 Å². The van der Waals surface area contributed by atoms with Gasteiger partial charge in [0.05, 0.1) is 0 Å². The van der Waals surface area contributed by atoms with Gasteiger partial charge in [0, 0.05) is 83.5 Å². The zero-order valence-corrected chi connectivity index (χ0v) is 47.4. The van der Waals surface area contributed by atoms with Gasteiger partial charge in [-0.15, -0.1) is 0 Å². The Hall–Kier alpha value is -12.9. The van der Waals surface area contributed by atoms with E-state index in [1.807, 2.05) is 97.1 Å². The number of benzene rings is 14. The predicted octanol–water partition coefficient (Wildman–Crippen LogP) is 7.04. The minimum absolute atomic E-state index is 0.901. The quantitative estimate of drug-likeness (QED) is 0.143. The lowest BCUT2D eigenvalue weighted by molar-refractivity contribution is 1.55. The summed E-state index contributed by atoms with van der Waals surface area (Å²) in [4.78, 5) is 0. The molecule has 0 spiro atoms. The first-order valence-corrected chi connectivity index (χ1v) is 29.1. The Kier molecular flexibility index (Phi) is 13.6. The fourth-order valence-electron chi connectivity index (χ4n) is 11.5. The van der Waals surface area contributed by atoms with Crippen molar-refractivity contribution in [2.45, 2.75) is 0 Å². The van der Waals surface area contributed by atoms with Crippen molar-refractivity contribution in [1.82, 2.24) is 0 Å². The van der Waals surface area contributed by atoms with E-state index in [0.717, 1.165) is 148 Å². The van der Waals surface area contributed by atoms with Crippen LogP contribution in [0.25, 0.3) is 156 Å². The standard InChI is InChI=1S/C88H44/c1-2-14-72-71(13-1)83-55-49-65-37-29-61(30-38-65)25-27-63-33-41-67(42-34-63)51-57-85-75-17-5-9-21-79(75)87(80-22-10-6-18-76(80)85)59-53-69-45-47-70(48-46-69)54-60-88-81-23-11-7-19-77(81)86(78-20-8-12-24-82(78)88)58-52-68-43-35-64(36-44-68)28-26-62-31-39-66(40-32-62)50-56-84(72)74-16-4-3-15-73(74)83/h1-24,29-48H. The highest BCUT2D eigenvalue weighted by Gasteiger charge is 2.08. The first kappa shape index (κ1) is 52.0. The van der Waals surface area contributed by atoms with Crippen molar-refractivity contribution >= 4 is 156 Å². The lowest BCUT2D eigenvalue weighted by atomic mass is 9.98. The molecule has 0 heteroatoms. The highest BCUT2D eigenvalue weighted by Crippen LogP contribution is 2.16. The SMILES string of the molecule is C1=C=c2ccc(cc2)=C=C=c2c3ccccc3c(c3ccccc23)=C=C=c2ccc(cc2)=C=C=c2c3ccccc3c(c3ccccc23)=C=C=c2ccc(cc2)=C=C=c2ccc(cc2)=C=C=c2c3ccccc3c(c3ccccc23)=C=C=c2ccc=1cc2. The van der Waals surface area contributed by atoms with E-state index >= 15 is 0 Å². The Bertz CT molecular complexity index is 6280. The summed E-state index contributed by atoms with van der Waals surface area (Å²) >= 11 is 0. The molecule has 0 aliphatic heterocycles. The molecular formula is C88H44. The normalized spacial score (nSPS) is 11.2. The Labute approximate surface area is 503 Å². The van der Waals surface area contributed by atoms with Crippen LogP contribution in [0.2, 0.25) is 0 Å². The molecule has 0 heterocycles. The fraction of sp³-hybridized carbons (Fsp3) is 0. The van der Waals surface area contributed by atoms with Crippen LogP contribution in [0.3, 0.4) is 0 Å². The van der Waals surface area contributed by atoms with Gasteiger partial charge in [0.15, 0.2) is 0 Å². The molecule has 0 saturated heterocycles. The summed E-state index contributed by atoms with van der Waals surface area (Å²) < 4.78 is 0. The summed E-state index contributed by atoms with van der Waals surface area (Å²) in [5.41, 5.74) is 55.8. The third-order valence-electron chi connectivity index (χ3n) is 15.9. The van der Waals surface area contributed by atoms with E-state index < -0.39 is 0 Å². The summed E-state index contributed by atoms with van der Waals surface area (Å²) in [5, 5.41) is 27.6. The van der Waals surface area contributed by atoms with Gasteiger partial charge < -0.3 is 0 Å². The molecule has 14 aromatic rings. The number of rotatable bonds is 0.